The molecular weight excluding hydrogens is 248 g/mol. The van der Waals surface area contributed by atoms with E-state index in [1.165, 1.54) is 0 Å². The van der Waals surface area contributed by atoms with Crippen LogP contribution < -0.4 is 0 Å². The molecule has 2 aliphatic rings. The summed E-state index contributed by atoms with van der Waals surface area (Å²) in [6, 6.07) is -0.206. The maximum absolute atomic E-state index is 12.5. The van der Waals surface area contributed by atoms with Crippen LogP contribution in [0.15, 0.2) is 0 Å². The highest BCUT2D eigenvalue weighted by Gasteiger charge is 2.40. The molecule has 6 heteroatoms. The van der Waals surface area contributed by atoms with Gasteiger partial charge in [0.2, 0.25) is 0 Å². The number of likely N-dealkylation sites (N-methyl/N-ethyl adjacent to an activating group) is 1. The normalized spacial score (nSPS) is 31.3. The van der Waals surface area contributed by atoms with Crippen molar-refractivity contribution in [3.8, 4) is 0 Å². The van der Waals surface area contributed by atoms with Crippen molar-refractivity contribution < 1.29 is 19.4 Å². The van der Waals surface area contributed by atoms with Crippen LogP contribution >= 0.6 is 0 Å². The summed E-state index contributed by atoms with van der Waals surface area (Å²) in [5.74, 6) is -1.51. The van der Waals surface area contributed by atoms with Crippen LogP contribution in [0.5, 0.6) is 0 Å². The van der Waals surface area contributed by atoms with E-state index in [0.717, 1.165) is 25.8 Å². The van der Waals surface area contributed by atoms with Gasteiger partial charge in [0.05, 0.1) is 19.3 Å². The number of carboxylic acids is 1. The highest BCUT2D eigenvalue weighted by Crippen LogP contribution is 2.23. The van der Waals surface area contributed by atoms with E-state index in [9.17, 15) is 9.59 Å². The lowest BCUT2D eigenvalue weighted by molar-refractivity contribution is -0.142. The minimum atomic E-state index is -0.895. The Bertz CT molecular complexity index is 361. The number of carboxylic acid groups (broad SMARTS) is 1. The SMILES string of the molecule is CC1CCCCN1C(=O)N(C)C1COCC1C(=O)O. The number of urea groups is 1. The molecular formula is C13H22N2O4. The van der Waals surface area contributed by atoms with Crippen molar-refractivity contribution in [2.45, 2.75) is 38.3 Å². The Hall–Kier alpha value is -1.30. The van der Waals surface area contributed by atoms with Crippen LogP contribution in [0, 0.1) is 5.92 Å². The number of likely N-dealkylation sites (tertiary alicyclic amines) is 1. The molecule has 0 aromatic carbocycles. The molecule has 1 N–H and O–H groups in total. The van der Waals surface area contributed by atoms with Crippen molar-refractivity contribution in [3.05, 3.63) is 0 Å². The smallest absolute Gasteiger partial charge is 0.320 e. The third-order valence-electron chi connectivity index (χ3n) is 4.22. The van der Waals surface area contributed by atoms with Crippen LogP contribution in [0.25, 0.3) is 0 Å². The van der Waals surface area contributed by atoms with E-state index in [-0.39, 0.29) is 24.7 Å². The largest absolute Gasteiger partial charge is 0.481 e. The first-order valence-corrected chi connectivity index (χ1v) is 6.86. The van der Waals surface area contributed by atoms with Gasteiger partial charge in [-0.2, -0.15) is 0 Å². The Morgan fingerprint density at radius 3 is 2.68 bits per heavy atom. The monoisotopic (exact) mass is 270 g/mol. The van der Waals surface area contributed by atoms with Crippen LogP contribution in [-0.4, -0.2) is 65.8 Å². The minimum absolute atomic E-state index is 0.0750. The van der Waals surface area contributed by atoms with Gasteiger partial charge in [-0.05, 0) is 26.2 Å². The van der Waals surface area contributed by atoms with Gasteiger partial charge < -0.3 is 19.6 Å². The molecule has 0 radical (unpaired) electrons. The van der Waals surface area contributed by atoms with Crippen LogP contribution in [0.3, 0.4) is 0 Å². The highest BCUT2D eigenvalue weighted by molar-refractivity contribution is 5.77. The first-order valence-electron chi connectivity index (χ1n) is 6.86. The topological polar surface area (TPSA) is 70.1 Å². The summed E-state index contributed by atoms with van der Waals surface area (Å²) in [7, 11) is 1.68. The number of hydrogen-bond acceptors (Lipinski definition) is 3. The molecule has 0 aliphatic carbocycles. The predicted molar refractivity (Wildman–Crippen MR) is 68.9 cm³/mol. The molecule has 2 saturated heterocycles. The second-order valence-corrected chi connectivity index (χ2v) is 5.48. The number of carbonyl (C=O) groups excluding carboxylic acids is 1. The fourth-order valence-corrected chi connectivity index (χ4v) is 2.89. The number of ether oxygens (including phenoxy) is 1. The van der Waals surface area contributed by atoms with E-state index in [0.29, 0.717) is 6.61 Å². The van der Waals surface area contributed by atoms with Crippen molar-refractivity contribution in [3.63, 3.8) is 0 Å². The van der Waals surface area contributed by atoms with Gasteiger partial charge in [-0.1, -0.05) is 0 Å². The van der Waals surface area contributed by atoms with Crippen LogP contribution in [-0.2, 0) is 9.53 Å². The molecule has 0 bridgehead atoms. The van der Waals surface area contributed by atoms with Gasteiger partial charge >= 0.3 is 12.0 Å². The second-order valence-electron chi connectivity index (χ2n) is 5.48. The zero-order chi connectivity index (χ0) is 14.0. The van der Waals surface area contributed by atoms with Gasteiger partial charge in [0.1, 0.15) is 5.92 Å². The molecule has 2 rings (SSSR count). The molecule has 2 heterocycles. The first kappa shape index (κ1) is 14.1. The van der Waals surface area contributed by atoms with Crippen molar-refractivity contribution in [2.24, 2.45) is 5.92 Å². The summed E-state index contributed by atoms with van der Waals surface area (Å²) in [5, 5.41) is 9.15. The van der Waals surface area contributed by atoms with Crippen molar-refractivity contribution >= 4 is 12.0 Å². The van der Waals surface area contributed by atoms with Gasteiger partial charge in [-0.3, -0.25) is 4.79 Å². The summed E-state index contributed by atoms with van der Waals surface area (Å²) >= 11 is 0. The maximum Gasteiger partial charge on any atom is 0.320 e. The standard InChI is InChI=1S/C13H22N2O4/c1-9-5-3-4-6-15(9)13(18)14(2)11-8-19-7-10(11)12(16)17/h9-11H,3-8H2,1-2H3,(H,16,17). The minimum Gasteiger partial charge on any atom is -0.481 e. The van der Waals surface area contributed by atoms with Crippen molar-refractivity contribution in [1.82, 2.24) is 9.80 Å². The third kappa shape index (κ3) is 2.83. The Kier molecular flexibility index (Phi) is 4.29. The summed E-state index contributed by atoms with van der Waals surface area (Å²) in [5.41, 5.74) is 0. The second kappa shape index (κ2) is 5.77. The Morgan fingerprint density at radius 1 is 1.32 bits per heavy atom. The average Bonchev–Trinajstić information content (AvgIpc) is 2.87. The van der Waals surface area contributed by atoms with Crippen LogP contribution in [0.1, 0.15) is 26.2 Å². The van der Waals surface area contributed by atoms with E-state index in [1.54, 1.807) is 11.9 Å². The molecule has 0 aromatic heterocycles. The quantitative estimate of drug-likeness (QED) is 0.813. The number of hydrogen-bond donors (Lipinski definition) is 1. The molecule has 0 spiro atoms. The Balaban J connectivity index is 2.03. The predicted octanol–water partition coefficient (Wildman–Crippen LogP) is 1.01. The average molecular weight is 270 g/mol. The van der Waals surface area contributed by atoms with E-state index in [2.05, 4.69) is 0 Å². The number of nitrogens with zero attached hydrogens (tertiary/aromatic N) is 2. The van der Waals surface area contributed by atoms with Gasteiger partial charge in [0.15, 0.2) is 0 Å². The summed E-state index contributed by atoms with van der Waals surface area (Å²) < 4.78 is 5.22. The lowest BCUT2D eigenvalue weighted by Crippen LogP contribution is -2.53. The van der Waals surface area contributed by atoms with Crippen LogP contribution in [0.4, 0.5) is 4.79 Å². The number of rotatable bonds is 2. The van der Waals surface area contributed by atoms with Gasteiger partial charge in [-0.15, -0.1) is 0 Å². The first-order chi connectivity index (χ1) is 9.02. The van der Waals surface area contributed by atoms with Gasteiger partial charge in [-0.25, -0.2) is 4.79 Å². The van der Waals surface area contributed by atoms with E-state index < -0.39 is 11.9 Å². The molecule has 0 aromatic rings. The van der Waals surface area contributed by atoms with E-state index >= 15 is 0 Å². The molecule has 6 nitrogen and oxygen atoms in total. The molecule has 0 saturated carbocycles. The lowest BCUT2D eigenvalue weighted by Gasteiger charge is -2.38. The number of piperidine rings is 1. The molecule has 2 fully saturated rings. The third-order valence-corrected chi connectivity index (χ3v) is 4.22. The summed E-state index contributed by atoms with van der Waals surface area (Å²) in [4.78, 5) is 27.0. The van der Waals surface area contributed by atoms with Gasteiger partial charge in [0, 0.05) is 19.6 Å². The van der Waals surface area contributed by atoms with Crippen molar-refractivity contribution in [1.29, 1.82) is 0 Å². The Morgan fingerprint density at radius 2 is 2.05 bits per heavy atom. The van der Waals surface area contributed by atoms with Crippen LogP contribution in [0.2, 0.25) is 0 Å². The zero-order valence-corrected chi connectivity index (χ0v) is 11.5. The van der Waals surface area contributed by atoms with Crippen molar-refractivity contribution in [2.75, 3.05) is 26.8 Å². The fraction of sp³-hybridized carbons (Fsp3) is 0.846. The molecule has 108 valence electrons. The summed E-state index contributed by atoms with van der Waals surface area (Å²) in [6.45, 7) is 3.30. The number of carbonyl (C=O) groups is 2. The summed E-state index contributed by atoms with van der Waals surface area (Å²) in [6.07, 6.45) is 3.19. The van der Waals surface area contributed by atoms with E-state index in [1.807, 2.05) is 11.8 Å². The maximum atomic E-state index is 12.5. The van der Waals surface area contributed by atoms with Gasteiger partial charge in [0.25, 0.3) is 0 Å². The molecule has 2 aliphatic heterocycles. The molecule has 3 unspecified atom stereocenters. The highest BCUT2D eigenvalue weighted by atomic mass is 16.5. The number of aliphatic carboxylic acids is 1. The molecule has 2 amide bonds. The fourth-order valence-electron chi connectivity index (χ4n) is 2.89. The zero-order valence-electron chi connectivity index (χ0n) is 11.5. The Labute approximate surface area is 113 Å². The number of amides is 2. The lowest BCUT2D eigenvalue weighted by atomic mass is 10.0. The molecule has 19 heavy (non-hydrogen) atoms. The molecule has 3 atom stereocenters. The van der Waals surface area contributed by atoms with E-state index in [4.69, 9.17) is 9.84 Å².